The second kappa shape index (κ2) is 13.0. The number of hydrogen-bond acceptors (Lipinski definition) is 10. The maximum atomic E-state index is 13.2. The number of aliphatic hydroxyl groups is 1. The van der Waals surface area contributed by atoms with Crippen LogP contribution in [0.5, 0.6) is 11.8 Å². The van der Waals surface area contributed by atoms with Crippen molar-refractivity contribution in [3.8, 4) is 22.2 Å². The van der Waals surface area contributed by atoms with Crippen LogP contribution in [0.3, 0.4) is 0 Å². The summed E-state index contributed by atoms with van der Waals surface area (Å²) in [6.07, 6.45) is 0.682. The highest BCUT2D eigenvalue weighted by Crippen LogP contribution is 2.36. The van der Waals surface area contributed by atoms with E-state index in [0.717, 1.165) is 22.8 Å². The summed E-state index contributed by atoms with van der Waals surface area (Å²) in [4.78, 5) is 39.6. The number of amides is 3. The highest BCUT2D eigenvalue weighted by Gasteiger charge is 2.35. The molecule has 3 heterocycles. The summed E-state index contributed by atoms with van der Waals surface area (Å²) >= 11 is 1.37. The molecule has 0 bridgehead atoms. The Bertz CT molecular complexity index is 1850. The maximum absolute atomic E-state index is 13.2. The zero-order chi connectivity index (χ0) is 33.2. The van der Waals surface area contributed by atoms with Gasteiger partial charge < -0.3 is 20.5 Å². The fourth-order valence-electron chi connectivity index (χ4n) is 4.72. The molecule has 3 N–H and O–H groups in total. The number of sulfone groups is 1. The van der Waals surface area contributed by atoms with Gasteiger partial charge >= 0.3 is 18.2 Å². The molecule has 3 amide bonds. The van der Waals surface area contributed by atoms with Gasteiger partial charge in [0.25, 0.3) is 0 Å². The van der Waals surface area contributed by atoms with Crippen molar-refractivity contribution in [3.05, 3.63) is 66.6 Å². The number of halogens is 3. The predicted molar refractivity (Wildman–Crippen MR) is 164 cm³/mol. The van der Waals surface area contributed by atoms with Crippen molar-refractivity contribution in [3.63, 3.8) is 0 Å². The summed E-state index contributed by atoms with van der Waals surface area (Å²) in [6.45, 7) is 2.22. The van der Waals surface area contributed by atoms with Crippen molar-refractivity contribution in [1.29, 1.82) is 0 Å². The summed E-state index contributed by atoms with van der Waals surface area (Å²) in [6, 6.07) is 7.82. The zero-order valence-electron chi connectivity index (χ0n) is 24.3. The number of carbonyl (C=O) groups is 2. The lowest BCUT2D eigenvalue weighted by Gasteiger charge is -2.14. The molecule has 1 aliphatic rings. The molecule has 5 rings (SSSR count). The highest BCUT2D eigenvalue weighted by molar-refractivity contribution is 7.90. The number of ether oxygens (including phenoxy) is 1. The van der Waals surface area contributed by atoms with E-state index in [2.05, 4.69) is 25.6 Å². The van der Waals surface area contributed by atoms with Crippen molar-refractivity contribution >= 4 is 49.6 Å². The minimum Gasteiger partial charge on any atom is -0.424 e. The maximum Gasteiger partial charge on any atom is 0.416 e. The predicted octanol–water partition coefficient (Wildman–Crippen LogP) is 5.58. The third-order valence-electron chi connectivity index (χ3n) is 6.86. The average molecular weight is 677 g/mol. The molecule has 1 fully saturated rings. The molecule has 46 heavy (non-hydrogen) atoms. The number of nitrogens with zero attached hydrogens (tertiary/aromatic N) is 4. The quantitative estimate of drug-likeness (QED) is 0.205. The van der Waals surface area contributed by atoms with Gasteiger partial charge in [-0.05, 0) is 67.8 Å². The van der Waals surface area contributed by atoms with E-state index in [1.165, 1.54) is 23.7 Å². The van der Waals surface area contributed by atoms with E-state index in [1.54, 1.807) is 42.3 Å². The molecule has 2 aromatic carbocycles. The van der Waals surface area contributed by atoms with Crippen LogP contribution in [0.15, 0.2) is 66.0 Å². The van der Waals surface area contributed by atoms with E-state index >= 15 is 0 Å². The minimum absolute atomic E-state index is 0.0378. The summed E-state index contributed by atoms with van der Waals surface area (Å²) in [5.41, 5.74) is -0.775. The van der Waals surface area contributed by atoms with E-state index in [0.29, 0.717) is 42.4 Å². The van der Waals surface area contributed by atoms with Crippen LogP contribution < -0.4 is 20.3 Å². The molecule has 2 aromatic heterocycles. The Balaban J connectivity index is 1.19. The topological polar surface area (TPSA) is 164 Å². The molecule has 4 aromatic rings. The summed E-state index contributed by atoms with van der Waals surface area (Å²) in [5.74, 6) is 0.150. The van der Waals surface area contributed by atoms with E-state index in [9.17, 15) is 36.3 Å². The van der Waals surface area contributed by atoms with Crippen molar-refractivity contribution in [2.75, 3.05) is 28.3 Å². The van der Waals surface area contributed by atoms with Gasteiger partial charge in [0.05, 0.1) is 45.2 Å². The molecule has 0 spiro atoms. The molecular weight excluding hydrogens is 649 g/mol. The number of alkyl halides is 3. The number of aromatic nitrogens is 3. The van der Waals surface area contributed by atoms with Crippen LogP contribution in [0.25, 0.3) is 10.4 Å². The summed E-state index contributed by atoms with van der Waals surface area (Å²) in [5, 5.41) is 14.7. The fraction of sp³-hybridized carbons (Fsp3) is 0.276. The first kappa shape index (κ1) is 32.8. The minimum atomic E-state index is -4.75. The van der Waals surface area contributed by atoms with Gasteiger partial charge in [0.15, 0.2) is 15.0 Å². The number of hydrogen-bond donors (Lipinski definition) is 3. The van der Waals surface area contributed by atoms with Gasteiger partial charge in [0, 0.05) is 24.9 Å². The van der Waals surface area contributed by atoms with Crippen molar-refractivity contribution in [1.82, 2.24) is 15.0 Å². The number of aliphatic hydroxyl groups excluding tert-OH is 1. The van der Waals surface area contributed by atoms with Crippen LogP contribution in [0.4, 0.5) is 34.5 Å². The van der Waals surface area contributed by atoms with Crippen molar-refractivity contribution in [2.24, 2.45) is 5.92 Å². The van der Waals surface area contributed by atoms with Crippen molar-refractivity contribution < 1.29 is 41.0 Å². The van der Waals surface area contributed by atoms with Gasteiger partial charge in [-0.1, -0.05) is 11.3 Å². The van der Waals surface area contributed by atoms with E-state index < -0.39 is 44.3 Å². The van der Waals surface area contributed by atoms with Gasteiger partial charge in [0.2, 0.25) is 5.91 Å². The summed E-state index contributed by atoms with van der Waals surface area (Å²) < 4.78 is 69.2. The van der Waals surface area contributed by atoms with Gasteiger partial charge in [0.1, 0.15) is 5.75 Å². The first-order valence-corrected chi connectivity index (χ1v) is 16.4. The zero-order valence-corrected chi connectivity index (χ0v) is 25.9. The molecule has 0 saturated carbocycles. The number of urea groups is 1. The molecule has 1 saturated heterocycles. The molecule has 2 unspecified atom stereocenters. The Kier molecular flexibility index (Phi) is 9.27. The standard InChI is InChI=1S/C29H27F3N6O6S2/c1-16(39)11-18-9-10-38(25(18)40)28-35-15-23(45-28)17-3-6-21(7-4-17)44-27-33-13-20(14-34-27)36-26(41)37-22-12-19(29(30,31)32)5-8-24(22)46(2,42)43/h3-8,12-16,18,39H,9-11H2,1-2H3,(H2,36,37,41). The lowest BCUT2D eigenvalue weighted by Crippen LogP contribution is -2.27. The molecule has 12 nitrogen and oxygen atoms in total. The van der Waals surface area contributed by atoms with E-state index in [1.807, 2.05) is 0 Å². The average Bonchev–Trinajstić information content (AvgIpc) is 3.60. The van der Waals surface area contributed by atoms with E-state index in [4.69, 9.17) is 4.74 Å². The van der Waals surface area contributed by atoms with Crippen LogP contribution in [0.2, 0.25) is 0 Å². The highest BCUT2D eigenvalue weighted by atomic mass is 32.2. The molecule has 0 aliphatic carbocycles. The van der Waals surface area contributed by atoms with E-state index in [-0.39, 0.29) is 23.5 Å². The van der Waals surface area contributed by atoms with Crippen LogP contribution >= 0.6 is 11.3 Å². The van der Waals surface area contributed by atoms with Gasteiger partial charge in [-0.3, -0.25) is 9.69 Å². The number of nitrogens with one attached hydrogen (secondary N) is 2. The molecule has 242 valence electrons. The Morgan fingerprint density at radius 1 is 1.11 bits per heavy atom. The van der Waals surface area contributed by atoms with Crippen LogP contribution in [-0.4, -0.2) is 59.3 Å². The second-order valence-electron chi connectivity index (χ2n) is 10.5. The van der Waals surface area contributed by atoms with Crippen LogP contribution in [0.1, 0.15) is 25.3 Å². The third kappa shape index (κ3) is 7.78. The molecule has 0 radical (unpaired) electrons. The smallest absolute Gasteiger partial charge is 0.416 e. The SMILES string of the molecule is CC(O)CC1CCN(c2ncc(-c3ccc(Oc4ncc(NC(=O)Nc5cc(C(F)(F)F)ccc5S(C)(=O)=O)cn4)cc3)s2)C1=O. The number of anilines is 3. The largest absolute Gasteiger partial charge is 0.424 e. The number of rotatable bonds is 9. The number of thiazole rings is 1. The van der Waals surface area contributed by atoms with Gasteiger partial charge in [-0.2, -0.15) is 13.2 Å². The normalized spacial score (nSPS) is 15.9. The lowest BCUT2D eigenvalue weighted by atomic mass is 10.0. The number of benzene rings is 2. The monoisotopic (exact) mass is 676 g/mol. The molecule has 1 aliphatic heterocycles. The first-order valence-electron chi connectivity index (χ1n) is 13.7. The number of carbonyl (C=O) groups excluding carboxylic acids is 2. The fourth-order valence-corrected chi connectivity index (χ4v) is 6.50. The van der Waals surface area contributed by atoms with Crippen LogP contribution in [0, 0.1) is 5.92 Å². The molecule has 17 heteroatoms. The molecule has 2 atom stereocenters. The Morgan fingerprint density at radius 2 is 1.80 bits per heavy atom. The lowest BCUT2D eigenvalue weighted by molar-refractivity contribution is -0.137. The molecular formula is C29H27F3N6O6S2. The third-order valence-corrected chi connectivity index (χ3v) is 9.08. The van der Waals surface area contributed by atoms with Crippen LogP contribution in [-0.2, 0) is 20.8 Å². The van der Waals surface area contributed by atoms with Gasteiger partial charge in [-0.15, -0.1) is 0 Å². The van der Waals surface area contributed by atoms with Crippen molar-refractivity contribution in [2.45, 2.75) is 36.9 Å². The first-order chi connectivity index (χ1) is 21.7. The van der Waals surface area contributed by atoms with Gasteiger partial charge in [-0.25, -0.2) is 28.2 Å². The Hall–Kier alpha value is -4.61. The Morgan fingerprint density at radius 3 is 2.43 bits per heavy atom. The summed E-state index contributed by atoms with van der Waals surface area (Å²) in [7, 11) is -3.95. The second-order valence-corrected chi connectivity index (χ2v) is 13.5. The Labute approximate surface area is 265 Å².